The first-order valence-electron chi connectivity index (χ1n) is 12.0. The van der Waals surface area contributed by atoms with Crippen molar-refractivity contribution in [3.63, 3.8) is 0 Å². The van der Waals surface area contributed by atoms with Crippen molar-refractivity contribution < 1.29 is 23.9 Å². The molecule has 1 aromatic carbocycles. The molecule has 0 aliphatic heterocycles. The summed E-state index contributed by atoms with van der Waals surface area (Å²) in [4.78, 5) is 37.4. The minimum absolute atomic E-state index is 0.304. The SMILES string of the molecule is CCCCCCCN(C=O)C(=O)N(CCCc1cccc(OC(C)C(=O)OCC)c1)/N=C(\C)Br. The Balaban J connectivity index is 2.68. The van der Waals surface area contributed by atoms with Gasteiger partial charge < -0.3 is 9.47 Å². The molecule has 0 saturated heterocycles. The molecule has 0 N–H and O–H groups in total. The van der Waals surface area contributed by atoms with Gasteiger partial charge in [-0.2, -0.15) is 5.10 Å². The van der Waals surface area contributed by atoms with Crippen molar-refractivity contribution in [2.75, 3.05) is 19.7 Å². The number of benzene rings is 1. The summed E-state index contributed by atoms with van der Waals surface area (Å²) in [6, 6.07) is 7.05. The largest absolute Gasteiger partial charge is 0.479 e. The lowest BCUT2D eigenvalue weighted by Gasteiger charge is -2.23. The van der Waals surface area contributed by atoms with Gasteiger partial charge in [0.25, 0.3) is 0 Å². The molecule has 1 unspecified atom stereocenters. The van der Waals surface area contributed by atoms with E-state index in [4.69, 9.17) is 9.47 Å². The fourth-order valence-electron chi connectivity index (χ4n) is 3.30. The molecule has 1 atom stereocenters. The Morgan fingerprint density at radius 3 is 2.50 bits per heavy atom. The standard InChI is InChI=1S/C25H38BrN3O5/c1-5-7-8-9-10-16-28(19-30)25(32)29(27-21(4)26)17-12-14-22-13-11-15-23(18-22)34-20(3)24(31)33-6-2/h11,13,15,18-20H,5-10,12,14,16-17H2,1-4H3/b27-21+. The minimum atomic E-state index is -0.698. The number of nitrogens with zero attached hydrogens (tertiary/aromatic N) is 3. The summed E-state index contributed by atoms with van der Waals surface area (Å²) in [5, 5.41) is 5.60. The second-order valence-corrected chi connectivity index (χ2v) is 9.13. The number of hydrogen-bond acceptors (Lipinski definition) is 6. The van der Waals surface area contributed by atoms with E-state index in [-0.39, 0.29) is 0 Å². The summed E-state index contributed by atoms with van der Waals surface area (Å²) in [5.74, 6) is 0.172. The van der Waals surface area contributed by atoms with Gasteiger partial charge in [-0.3, -0.25) is 9.69 Å². The summed E-state index contributed by atoms with van der Waals surface area (Å²) in [5.41, 5.74) is 1.00. The molecular formula is C25H38BrN3O5. The highest BCUT2D eigenvalue weighted by Crippen LogP contribution is 2.17. The normalized spacial score (nSPS) is 12.1. The average Bonchev–Trinajstić information content (AvgIpc) is 2.80. The number of unbranched alkanes of at least 4 members (excludes halogenated alkanes) is 4. The molecular weight excluding hydrogens is 502 g/mol. The summed E-state index contributed by atoms with van der Waals surface area (Å²) in [6.07, 6.45) is 6.35. The Bertz CT molecular complexity index is 799. The quantitative estimate of drug-likeness (QED) is 0.0905. The van der Waals surface area contributed by atoms with Gasteiger partial charge in [0.05, 0.1) is 6.61 Å². The van der Waals surface area contributed by atoms with E-state index in [2.05, 4.69) is 28.0 Å². The van der Waals surface area contributed by atoms with Crippen molar-refractivity contribution in [1.29, 1.82) is 0 Å². The Morgan fingerprint density at radius 2 is 1.85 bits per heavy atom. The van der Waals surface area contributed by atoms with Gasteiger partial charge in [0.1, 0.15) is 10.4 Å². The van der Waals surface area contributed by atoms with Gasteiger partial charge in [-0.05, 0) is 73.7 Å². The van der Waals surface area contributed by atoms with Gasteiger partial charge >= 0.3 is 12.0 Å². The van der Waals surface area contributed by atoms with E-state index in [1.807, 2.05) is 18.2 Å². The maximum absolute atomic E-state index is 12.9. The average molecular weight is 540 g/mol. The molecule has 0 heterocycles. The number of carbonyl (C=O) groups excluding carboxylic acids is 3. The molecule has 1 rings (SSSR count). The van der Waals surface area contributed by atoms with Gasteiger partial charge in [0.2, 0.25) is 6.41 Å². The van der Waals surface area contributed by atoms with Gasteiger partial charge in [0.15, 0.2) is 6.10 Å². The summed E-state index contributed by atoms with van der Waals surface area (Å²) in [7, 11) is 0. The first kappa shape index (κ1) is 29.6. The molecule has 0 saturated carbocycles. The van der Waals surface area contributed by atoms with Crippen LogP contribution in [0.5, 0.6) is 5.75 Å². The zero-order chi connectivity index (χ0) is 25.3. The molecule has 0 bridgehead atoms. The number of hydrogen-bond donors (Lipinski definition) is 0. The molecule has 34 heavy (non-hydrogen) atoms. The van der Waals surface area contributed by atoms with Gasteiger partial charge in [-0.15, -0.1) is 0 Å². The minimum Gasteiger partial charge on any atom is -0.479 e. The van der Waals surface area contributed by atoms with E-state index in [0.717, 1.165) is 37.7 Å². The van der Waals surface area contributed by atoms with Crippen LogP contribution >= 0.6 is 15.9 Å². The van der Waals surface area contributed by atoms with Gasteiger partial charge in [0, 0.05) is 13.1 Å². The second-order valence-electron chi connectivity index (χ2n) is 7.98. The molecule has 0 aromatic heterocycles. The van der Waals surface area contributed by atoms with Crippen molar-refractivity contribution >= 4 is 39.0 Å². The van der Waals surface area contributed by atoms with Crippen molar-refractivity contribution in [2.45, 2.75) is 78.7 Å². The molecule has 8 nitrogen and oxygen atoms in total. The molecule has 9 heteroatoms. The maximum Gasteiger partial charge on any atom is 0.347 e. The third-order valence-corrected chi connectivity index (χ3v) is 5.18. The van der Waals surface area contributed by atoms with Gasteiger partial charge in [-0.1, -0.05) is 44.7 Å². The number of imide groups is 1. The molecule has 3 amide bonds. The summed E-state index contributed by atoms with van der Waals surface area (Å²) in [6.45, 7) is 8.33. The maximum atomic E-state index is 12.9. The van der Waals surface area contributed by atoms with E-state index in [0.29, 0.717) is 49.3 Å². The number of urea groups is 1. The van der Waals surface area contributed by atoms with E-state index in [9.17, 15) is 14.4 Å². The topological polar surface area (TPSA) is 88.5 Å². The Kier molecular flexibility index (Phi) is 14.9. The smallest absolute Gasteiger partial charge is 0.347 e. The number of aryl methyl sites for hydroxylation is 1. The lowest BCUT2D eigenvalue weighted by molar-refractivity contribution is -0.150. The van der Waals surface area contributed by atoms with Crippen molar-refractivity contribution in [3.8, 4) is 5.75 Å². The first-order chi connectivity index (χ1) is 16.3. The Labute approximate surface area is 211 Å². The molecule has 0 spiro atoms. The number of ether oxygens (including phenoxy) is 2. The fraction of sp³-hybridized carbons (Fsp3) is 0.600. The predicted octanol–water partition coefficient (Wildman–Crippen LogP) is 5.53. The van der Waals surface area contributed by atoms with Crippen LogP contribution in [0.4, 0.5) is 4.79 Å². The van der Waals surface area contributed by atoms with Crippen LogP contribution in [-0.2, 0) is 20.7 Å². The van der Waals surface area contributed by atoms with Crippen molar-refractivity contribution in [3.05, 3.63) is 29.8 Å². The van der Waals surface area contributed by atoms with E-state index in [1.54, 1.807) is 26.8 Å². The molecule has 1 aromatic rings. The number of rotatable bonds is 16. The highest BCUT2D eigenvalue weighted by atomic mass is 79.9. The number of halogens is 1. The zero-order valence-corrected chi connectivity index (χ0v) is 22.4. The number of esters is 1. The van der Waals surface area contributed by atoms with Crippen LogP contribution in [0.1, 0.15) is 71.8 Å². The summed E-state index contributed by atoms with van der Waals surface area (Å²) >= 11 is 3.28. The lowest BCUT2D eigenvalue weighted by Crippen LogP contribution is -2.41. The second kappa shape index (κ2) is 17.1. The van der Waals surface area contributed by atoms with E-state index < -0.39 is 18.1 Å². The lowest BCUT2D eigenvalue weighted by atomic mass is 10.1. The molecule has 190 valence electrons. The van der Waals surface area contributed by atoms with Crippen LogP contribution in [0.3, 0.4) is 0 Å². The Hall–Kier alpha value is -2.42. The van der Waals surface area contributed by atoms with Crippen molar-refractivity contribution in [1.82, 2.24) is 9.91 Å². The highest BCUT2D eigenvalue weighted by molar-refractivity contribution is 9.18. The molecule has 0 fully saturated rings. The van der Waals surface area contributed by atoms with Gasteiger partial charge in [-0.25, -0.2) is 14.6 Å². The number of hydrazone groups is 1. The zero-order valence-electron chi connectivity index (χ0n) is 20.8. The number of carbonyl (C=O) groups is 3. The number of amides is 3. The first-order valence-corrected chi connectivity index (χ1v) is 12.8. The van der Waals surface area contributed by atoms with Crippen LogP contribution in [0, 0.1) is 0 Å². The monoisotopic (exact) mass is 539 g/mol. The summed E-state index contributed by atoms with van der Waals surface area (Å²) < 4.78 is 11.2. The van der Waals surface area contributed by atoms with E-state index in [1.165, 1.54) is 9.91 Å². The Morgan fingerprint density at radius 1 is 1.12 bits per heavy atom. The highest BCUT2D eigenvalue weighted by Gasteiger charge is 2.20. The fourth-order valence-corrected chi connectivity index (χ4v) is 3.49. The predicted molar refractivity (Wildman–Crippen MR) is 137 cm³/mol. The third kappa shape index (κ3) is 11.6. The van der Waals surface area contributed by atoms with Crippen LogP contribution in [0.2, 0.25) is 0 Å². The third-order valence-electron chi connectivity index (χ3n) is 5.02. The molecule has 0 aliphatic rings. The van der Waals surface area contributed by atoms with Crippen LogP contribution < -0.4 is 4.74 Å². The van der Waals surface area contributed by atoms with Crippen LogP contribution in [-0.4, -0.2) is 58.7 Å². The van der Waals surface area contributed by atoms with E-state index >= 15 is 0 Å². The van der Waals surface area contributed by atoms with Crippen molar-refractivity contribution in [2.24, 2.45) is 5.10 Å². The van der Waals surface area contributed by atoms with Crippen LogP contribution in [0.15, 0.2) is 29.4 Å². The van der Waals surface area contributed by atoms with Crippen LogP contribution in [0.25, 0.3) is 0 Å². The molecule has 0 aliphatic carbocycles. The molecule has 0 radical (unpaired) electrons.